The van der Waals surface area contributed by atoms with Crippen LogP contribution in [-0.2, 0) is 15.7 Å². The highest BCUT2D eigenvalue weighted by Gasteiger charge is 2.32. The molecule has 0 aliphatic heterocycles. The number of rotatable bonds is 4. The third kappa shape index (κ3) is 6.91. The Labute approximate surface area is 170 Å². The maximum Gasteiger partial charge on any atom is 0.416 e. The molecule has 0 bridgehead atoms. The molecule has 0 unspecified atom stereocenters. The lowest BCUT2D eigenvalue weighted by Crippen LogP contribution is -2.27. The van der Waals surface area contributed by atoms with E-state index in [9.17, 15) is 27.2 Å². The minimum Gasteiger partial charge on any atom is -0.444 e. The van der Waals surface area contributed by atoms with Gasteiger partial charge in [-0.15, -0.1) is 0 Å². The van der Waals surface area contributed by atoms with Crippen molar-refractivity contribution < 1.29 is 31.9 Å². The Kier molecular flexibility index (Phi) is 6.86. The van der Waals surface area contributed by atoms with Crippen molar-refractivity contribution in [2.75, 3.05) is 10.6 Å². The van der Waals surface area contributed by atoms with Crippen molar-refractivity contribution in [3.8, 4) is 0 Å². The molecule has 2 aromatic carbocycles. The van der Waals surface area contributed by atoms with E-state index in [1.54, 1.807) is 20.8 Å². The van der Waals surface area contributed by atoms with Crippen LogP contribution >= 0.6 is 0 Å². The summed E-state index contributed by atoms with van der Waals surface area (Å²) in [5.41, 5.74) is -1.95. The molecule has 2 N–H and O–H groups in total. The first kappa shape index (κ1) is 22.9. The monoisotopic (exact) mass is 424 g/mol. The summed E-state index contributed by atoms with van der Waals surface area (Å²) in [7, 11) is 0. The number of ether oxygens (including phenoxy) is 1. The lowest BCUT2D eigenvalue weighted by Gasteiger charge is -2.19. The molecule has 5 nitrogen and oxygen atoms in total. The van der Waals surface area contributed by atoms with Crippen LogP contribution in [0.5, 0.6) is 0 Å². The molecule has 2 rings (SSSR count). The molecule has 160 valence electrons. The number of anilines is 2. The van der Waals surface area contributed by atoms with E-state index in [1.807, 2.05) is 0 Å². The minimum absolute atomic E-state index is 0.160. The van der Waals surface area contributed by atoms with E-state index in [0.29, 0.717) is 0 Å². The number of nitrogens with one attached hydrogen (secondary N) is 2. The summed E-state index contributed by atoms with van der Waals surface area (Å²) >= 11 is 0. The van der Waals surface area contributed by atoms with Crippen molar-refractivity contribution in [3.63, 3.8) is 0 Å². The van der Waals surface area contributed by atoms with Crippen LogP contribution in [0.3, 0.4) is 0 Å². The second kappa shape index (κ2) is 8.98. The highest BCUT2D eigenvalue weighted by Crippen LogP contribution is 2.32. The van der Waals surface area contributed by atoms with Gasteiger partial charge < -0.3 is 10.1 Å². The molecule has 0 saturated carbocycles. The topological polar surface area (TPSA) is 67.4 Å². The first-order valence-corrected chi connectivity index (χ1v) is 8.80. The van der Waals surface area contributed by atoms with Gasteiger partial charge in [-0.1, -0.05) is 18.2 Å². The summed E-state index contributed by atoms with van der Waals surface area (Å²) < 4.78 is 58.1. The molecule has 0 aromatic heterocycles. The predicted molar refractivity (Wildman–Crippen MR) is 105 cm³/mol. The zero-order valence-corrected chi connectivity index (χ0v) is 16.4. The SMILES string of the molecule is CC(C)(C)OC(=O)Nc1ccc(F)c(NC(=O)C=Cc2ccccc2C(F)(F)F)c1. The lowest BCUT2D eigenvalue weighted by atomic mass is 10.1. The number of hydrogen-bond donors (Lipinski definition) is 2. The average Bonchev–Trinajstić information content (AvgIpc) is 2.60. The van der Waals surface area contributed by atoms with E-state index < -0.39 is 35.2 Å². The number of alkyl halides is 3. The Balaban J connectivity index is 2.12. The molecular weight excluding hydrogens is 404 g/mol. The van der Waals surface area contributed by atoms with Crippen molar-refractivity contribution >= 4 is 29.5 Å². The van der Waals surface area contributed by atoms with E-state index in [1.165, 1.54) is 24.3 Å². The van der Waals surface area contributed by atoms with E-state index in [-0.39, 0.29) is 16.9 Å². The van der Waals surface area contributed by atoms with Crippen LogP contribution < -0.4 is 10.6 Å². The van der Waals surface area contributed by atoms with E-state index in [4.69, 9.17) is 4.74 Å². The van der Waals surface area contributed by atoms with Gasteiger partial charge in [-0.2, -0.15) is 13.2 Å². The number of halogens is 4. The summed E-state index contributed by atoms with van der Waals surface area (Å²) in [5, 5.41) is 4.63. The molecule has 0 atom stereocenters. The minimum atomic E-state index is -4.58. The Morgan fingerprint density at radius 2 is 1.67 bits per heavy atom. The number of hydrogen-bond acceptors (Lipinski definition) is 3. The molecule has 0 saturated heterocycles. The second-order valence-electron chi connectivity index (χ2n) is 7.23. The fourth-order valence-corrected chi connectivity index (χ4v) is 2.36. The first-order chi connectivity index (χ1) is 13.8. The highest BCUT2D eigenvalue weighted by atomic mass is 19.4. The fraction of sp³-hybridized carbons (Fsp3) is 0.238. The van der Waals surface area contributed by atoms with Crippen molar-refractivity contribution in [1.29, 1.82) is 0 Å². The van der Waals surface area contributed by atoms with Gasteiger partial charge in [0.15, 0.2) is 0 Å². The van der Waals surface area contributed by atoms with Gasteiger partial charge in [0, 0.05) is 11.8 Å². The summed E-state index contributed by atoms with van der Waals surface area (Å²) in [4.78, 5) is 23.9. The van der Waals surface area contributed by atoms with Crippen molar-refractivity contribution in [1.82, 2.24) is 0 Å². The molecule has 0 fully saturated rings. The molecule has 9 heteroatoms. The van der Waals surface area contributed by atoms with Crippen molar-refractivity contribution in [2.45, 2.75) is 32.5 Å². The fourth-order valence-electron chi connectivity index (χ4n) is 2.36. The van der Waals surface area contributed by atoms with E-state index in [2.05, 4.69) is 10.6 Å². The van der Waals surface area contributed by atoms with Crippen molar-refractivity contribution in [3.05, 3.63) is 65.5 Å². The number of carbonyl (C=O) groups is 2. The largest absolute Gasteiger partial charge is 0.444 e. The van der Waals surface area contributed by atoms with Gasteiger partial charge in [-0.05, 0) is 56.7 Å². The molecule has 0 radical (unpaired) electrons. The molecule has 0 spiro atoms. The Bertz CT molecular complexity index is 963. The summed E-state index contributed by atoms with van der Waals surface area (Å²) in [6, 6.07) is 8.18. The van der Waals surface area contributed by atoms with Gasteiger partial charge in [0.2, 0.25) is 5.91 Å². The van der Waals surface area contributed by atoms with Crippen LogP contribution in [0.25, 0.3) is 6.08 Å². The molecule has 2 aromatic rings. The lowest BCUT2D eigenvalue weighted by molar-refractivity contribution is -0.137. The summed E-state index contributed by atoms with van der Waals surface area (Å²) in [5.74, 6) is -1.64. The van der Waals surface area contributed by atoms with Crippen LogP contribution in [0.2, 0.25) is 0 Å². The van der Waals surface area contributed by atoms with E-state index in [0.717, 1.165) is 30.4 Å². The van der Waals surface area contributed by atoms with Gasteiger partial charge in [-0.25, -0.2) is 9.18 Å². The highest BCUT2D eigenvalue weighted by molar-refractivity contribution is 6.02. The maximum atomic E-state index is 14.0. The maximum absolute atomic E-state index is 14.0. The van der Waals surface area contributed by atoms with Crippen LogP contribution in [0.1, 0.15) is 31.9 Å². The average molecular weight is 424 g/mol. The Morgan fingerprint density at radius 3 is 2.30 bits per heavy atom. The molecule has 2 amide bonds. The quantitative estimate of drug-likeness (QED) is 0.478. The second-order valence-corrected chi connectivity index (χ2v) is 7.23. The van der Waals surface area contributed by atoms with Gasteiger partial charge in [0.25, 0.3) is 0 Å². The Hall–Kier alpha value is -3.36. The normalized spacial score (nSPS) is 12.0. The summed E-state index contributed by atoms with van der Waals surface area (Å²) in [6.45, 7) is 5.02. The zero-order chi connectivity index (χ0) is 22.5. The van der Waals surface area contributed by atoms with Gasteiger partial charge >= 0.3 is 12.3 Å². The number of benzene rings is 2. The first-order valence-electron chi connectivity index (χ1n) is 8.80. The summed E-state index contributed by atoms with van der Waals surface area (Å²) in [6.07, 6.45) is -3.50. The van der Waals surface area contributed by atoms with Crippen LogP contribution in [0.15, 0.2) is 48.5 Å². The van der Waals surface area contributed by atoms with Gasteiger partial charge in [-0.3, -0.25) is 10.1 Å². The van der Waals surface area contributed by atoms with E-state index >= 15 is 0 Å². The standard InChI is InChI=1S/C21H20F4N2O3/c1-20(2,3)30-19(29)26-14-9-10-16(22)17(12-14)27-18(28)11-8-13-6-4-5-7-15(13)21(23,24)25/h4-12H,1-3H3,(H,26,29)(H,27,28). The van der Waals surface area contributed by atoms with Crippen molar-refractivity contribution in [2.24, 2.45) is 0 Å². The molecule has 30 heavy (non-hydrogen) atoms. The smallest absolute Gasteiger partial charge is 0.416 e. The van der Waals surface area contributed by atoms with Gasteiger partial charge in [0.05, 0.1) is 11.3 Å². The molecule has 0 aliphatic rings. The number of carbonyl (C=O) groups excluding carboxylic acids is 2. The predicted octanol–water partition coefficient (Wildman–Crippen LogP) is 5.84. The molecule has 0 heterocycles. The molecular formula is C21H20F4N2O3. The van der Waals surface area contributed by atoms with Crippen LogP contribution in [0, 0.1) is 5.82 Å². The van der Waals surface area contributed by atoms with Crippen LogP contribution in [-0.4, -0.2) is 17.6 Å². The molecule has 0 aliphatic carbocycles. The third-order valence-corrected chi connectivity index (χ3v) is 3.55. The van der Waals surface area contributed by atoms with Gasteiger partial charge in [0.1, 0.15) is 11.4 Å². The Morgan fingerprint density at radius 1 is 1.00 bits per heavy atom. The number of amides is 2. The van der Waals surface area contributed by atoms with Crippen LogP contribution in [0.4, 0.5) is 33.7 Å². The third-order valence-electron chi connectivity index (χ3n) is 3.55. The zero-order valence-electron chi connectivity index (χ0n) is 16.4.